The van der Waals surface area contributed by atoms with Crippen molar-refractivity contribution >= 4 is 34.9 Å². The van der Waals surface area contributed by atoms with Crippen molar-refractivity contribution in [1.29, 1.82) is 5.41 Å². The molecule has 3 aromatic carbocycles. The zero-order chi connectivity index (χ0) is 46.1. The molecule has 0 unspecified atom stereocenters. The first kappa shape index (κ1) is 44.5. The molecule has 3 aliphatic carbocycles. The van der Waals surface area contributed by atoms with Crippen LogP contribution in [0.15, 0.2) is 116 Å². The lowest BCUT2D eigenvalue weighted by molar-refractivity contribution is -0.137. The van der Waals surface area contributed by atoms with Crippen LogP contribution in [0.2, 0.25) is 0 Å². The van der Waals surface area contributed by atoms with Crippen molar-refractivity contribution in [2.75, 3.05) is 25.5 Å². The first-order valence-corrected chi connectivity index (χ1v) is 23.1. The quantitative estimate of drug-likeness (QED) is 0.102. The van der Waals surface area contributed by atoms with Gasteiger partial charge in [0.1, 0.15) is 33.8 Å². The summed E-state index contributed by atoms with van der Waals surface area (Å²) in [6.07, 6.45) is 7.20. The van der Waals surface area contributed by atoms with Gasteiger partial charge in [0.25, 0.3) is 11.5 Å². The molecule has 66 heavy (non-hydrogen) atoms. The van der Waals surface area contributed by atoms with Crippen molar-refractivity contribution < 1.29 is 18.0 Å². The summed E-state index contributed by atoms with van der Waals surface area (Å²) in [7, 11) is 3.46. The fraction of sp³-hybridized carbons (Fsp3) is 0.429. The number of fused-ring (bicyclic) bond motifs is 6. The number of alkyl halides is 3. The van der Waals surface area contributed by atoms with Gasteiger partial charge in [0, 0.05) is 32.9 Å². The molecule has 3 fully saturated rings. The SMILES string of the molecule is CN1C(=O)C(C(N)=Nc2ccccc2)=C(NCCc2ccc(C(F)(F)F)cc2)N2C1=N[C@@H]1CCC[C@@H]12.Cn1c(=O)/c(=C(/NCC2CCCC2)Nc2ccccc2)c(=N)n2c1=N[C@@H]1CCC[C@@H]12. The average molecular weight is 903 g/mol. The summed E-state index contributed by atoms with van der Waals surface area (Å²) in [4.78, 5) is 44.5. The van der Waals surface area contributed by atoms with Gasteiger partial charge in [-0.2, -0.15) is 13.2 Å². The molecule has 0 bridgehead atoms. The molecule has 6 aliphatic rings. The van der Waals surface area contributed by atoms with Gasteiger partial charge in [-0.05, 0) is 106 Å². The number of guanidine groups is 1. The highest BCUT2D eigenvalue weighted by atomic mass is 19.4. The second-order valence-electron chi connectivity index (χ2n) is 18.0. The highest BCUT2D eigenvalue weighted by Gasteiger charge is 2.48. The number of hydrogen-bond acceptors (Lipinski definition) is 10. The van der Waals surface area contributed by atoms with Gasteiger partial charge >= 0.3 is 6.18 Å². The number of anilines is 1. The minimum Gasteiger partial charge on any atom is -0.383 e. The summed E-state index contributed by atoms with van der Waals surface area (Å²) in [5.41, 5.74) is 9.01. The van der Waals surface area contributed by atoms with E-state index in [1.807, 2.05) is 53.1 Å². The van der Waals surface area contributed by atoms with E-state index in [2.05, 4.69) is 25.8 Å². The van der Waals surface area contributed by atoms with E-state index >= 15 is 0 Å². The van der Waals surface area contributed by atoms with Gasteiger partial charge in [-0.1, -0.05) is 61.4 Å². The highest BCUT2D eigenvalue weighted by Crippen LogP contribution is 2.38. The number of nitrogens with zero attached hydrogens (tertiary/aromatic N) is 7. The van der Waals surface area contributed by atoms with Gasteiger partial charge in [0.15, 0.2) is 0 Å². The smallest absolute Gasteiger partial charge is 0.383 e. The lowest BCUT2D eigenvalue weighted by Gasteiger charge is -2.38. The van der Waals surface area contributed by atoms with Crippen LogP contribution in [0.5, 0.6) is 0 Å². The Kier molecular flexibility index (Phi) is 12.6. The van der Waals surface area contributed by atoms with Gasteiger partial charge in [-0.15, -0.1) is 0 Å². The Balaban J connectivity index is 0.000000169. The predicted octanol–water partition coefficient (Wildman–Crippen LogP) is 5.15. The van der Waals surface area contributed by atoms with Crippen LogP contribution >= 0.6 is 0 Å². The van der Waals surface area contributed by atoms with Crippen LogP contribution < -0.4 is 43.6 Å². The lowest BCUT2D eigenvalue weighted by Crippen LogP contribution is -2.59. The molecule has 0 radical (unpaired) electrons. The van der Waals surface area contributed by atoms with Crippen molar-refractivity contribution in [3.63, 3.8) is 0 Å². The second-order valence-corrected chi connectivity index (χ2v) is 18.0. The third kappa shape index (κ3) is 8.86. The number of carbonyl (C=O) groups excluding carboxylic acids is 1. The molecule has 4 aromatic rings. The molecule has 10 rings (SSSR count). The number of amidine groups is 1. The minimum absolute atomic E-state index is 0.0931. The Morgan fingerprint density at radius 3 is 2.17 bits per heavy atom. The second kappa shape index (κ2) is 18.7. The Morgan fingerprint density at radius 2 is 1.48 bits per heavy atom. The zero-order valence-corrected chi connectivity index (χ0v) is 37.3. The number of aliphatic imine (C=N–C) groups is 2. The van der Waals surface area contributed by atoms with Crippen LogP contribution in [0.3, 0.4) is 0 Å². The number of benzene rings is 3. The topological polar surface area (TPSA) is 174 Å². The Labute approximate surface area is 381 Å². The Hall–Kier alpha value is -6.65. The molecule has 3 aliphatic heterocycles. The molecule has 346 valence electrons. The fourth-order valence-electron chi connectivity index (χ4n) is 10.3. The van der Waals surface area contributed by atoms with E-state index in [1.165, 1.54) is 42.7 Å². The predicted molar refractivity (Wildman–Crippen MR) is 248 cm³/mol. The van der Waals surface area contributed by atoms with E-state index in [4.69, 9.17) is 21.1 Å². The van der Waals surface area contributed by atoms with Gasteiger partial charge in [0.2, 0.25) is 11.6 Å². The number of para-hydroxylation sites is 2. The van der Waals surface area contributed by atoms with Gasteiger partial charge in [0.05, 0.1) is 35.4 Å². The van der Waals surface area contributed by atoms with E-state index in [9.17, 15) is 22.8 Å². The number of rotatable bonds is 11. The highest BCUT2D eigenvalue weighted by molar-refractivity contribution is 6.26. The average Bonchev–Trinajstić information content (AvgIpc) is 4.16. The van der Waals surface area contributed by atoms with Crippen molar-refractivity contribution in [3.05, 3.63) is 134 Å². The summed E-state index contributed by atoms with van der Waals surface area (Å²) >= 11 is 0. The largest absolute Gasteiger partial charge is 0.416 e. The maximum Gasteiger partial charge on any atom is 0.416 e. The van der Waals surface area contributed by atoms with E-state index in [0.29, 0.717) is 53.0 Å². The van der Waals surface area contributed by atoms with Crippen LogP contribution in [0.25, 0.3) is 5.82 Å². The fourth-order valence-corrected chi connectivity index (χ4v) is 10.3. The lowest BCUT2D eigenvalue weighted by atomic mass is 10.1. The van der Waals surface area contributed by atoms with E-state index in [0.717, 1.165) is 68.5 Å². The van der Waals surface area contributed by atoms with Gasteiger partial charge in [-0.3, -0.25) is 33.9 Å². The summed E-state index contributed by atoms with van der Waals surface area (Å²) in [6, 6.07) is 24.8. The van der Waals surface area contributed by atoms with Crippen LogP contribution in [-0.2, 0) is 24.4 Å². The number of halogens is 3. The number of hydrogen-bond donors (Lipinski definition) is 5. The standard InChI is InChI=1S/C26H27F3N6O.C23H30N6O/c1-34-24(36)21(22(30)32-18-6-3-2-4-7-18)23(35-20-9-5-8-19(20)33-25(34)35)31-15-14-16-10-12-17(13-11-16)26(27,28)29;1-28-22(30)19(20(24)29-18-13-7-12-17(18)27-23(28)29)21(25-14-15-8-5-6-9-15)26-16-10-3-2-4-11-16/h2-4,6-7,10-13,19-20,31H,5,8-9,14-15H2,1H3,(H2,30,32);2-4,10-11,15,17-18,24-26H,5-9,12-14H2,1H3/b;21-19-,24-20?/t19-,20+;17-,18+/m11/s1. The van der Waals surface area contributed by atoms with Crippen LogP contribution in [0.4, 0.5) is 24.5 Å². The van der Waals surface area contributed by atoms with E-state index in [-0.39, 0.29) is 52.5 Å². The minimum atomic E-state index is -4.37. The molecule has 1 amide bonds. The van der Waals surface area contributed by atoms with Crippen LogP contribution in [0, 0.1) is 11.3 Å². The molecule has 0 saturated heterocycles. The Morgan fingerprint density at radius 1 is 0.833 bits per heavy atom. The molecule has 6 N–H and O–H groups in total. The van der Waals surface area contributed by atoms with Crippen molar-refractivity contribution in [1.82, 2.24) is 29.6 Å². The van der Waals surface area contributed by atoms with Crippen molar-refractivity contribution in [3.8, 4) is 0 Å². The third-order valence-corrected chi connectivity index (χ3v) is 13.7. The Bertz CT molecular complexity index is 2800. The maximum absolute atomic E-state index is 13.4. The van der Waals surface area contributed by atoms with Crippen LogP contribution in [-0.4, -0.2) is 74.9 Å². The van der Waals surface area contributed by atoms with Crippen LogP contribution in [0.1, 0.15) is 81.4 Å². The number of nitrogens with two attached hydrogens (primary N) is 1. The molecule has 1 aromatic heterocycles. The number of aromatic nitrogens is 2. The normalized spacial score (nSPS) is 22.8. The molecular weight excluding hydrogens is 846 g/mol. The third-order valence-electron chi connectivity index (χ3n) is 13.7. The molecule has 14 nitrogen and oxygen atoms in total. The number of amides is 1. The van der Waals surface area contributed by atoms with Gasteiger partial charge in [-0.25, -0.2) is 15.0 Å². The van der Waals surface area contributed by atoms with E-state index in [1.54, 1.807) is 30.8 Å². The van der Waals surface area contributed by atoms with Gasteiger partial charge < -0.3 is 21.7 Å². The monoisotopic (exact) mass is 902 g/mol. The first-order valence-electron chi connectivity index (χ1n) is 23.1. The molecule has 4 atom stereocenters. The van der Waals surface area contributed by atoms with Crippen molar-refractivity contribution in [2.45, 2.75) is 101 Å². The first-order chi connectivity index (χ1) is 31.9. The number of nitrogens with one attached hydrogen (secondary N) is 4. The molecule has 3 saturated carbocycles. The molecule has 17 heteroatoms. The number of carbonyl (C=O) groups is 1. The summed E-state index contributed by atoms with van der Waals surface area (Å²) in [5, 5.41) is 19.7. The summed E-state index contributed by atoms with van der Waals surface area (Å²) < 4.78 is 42.3. The molecule has 0 spiro atoms. The summed E-state index contributed by atoms with van der Waals surface area (Å²) in [6.45, 7) is 1.21. The molecular formula is C49H57F3N12O2. The molecule has 4 heterocycles. The number of likely N-dealkylation sites (N-methyl/N-ethyl adjacent to an activating group) is 1. The van der Waals surface area contributed by atoms with Crippen molar-refractivity contribution in [2.24, 2.45) is 33.7 Å². The maximum atomic E-state index is 13.4. The zero-order valence-electron chi connectivity index (χ0n) is 37.3. The summed E-state index contributed by atoms with van der Waals surface area (Å²) in [5.74, 6) is 2.18. The van der Waals surface area contributed by atoms with E-state index < -0.39 is 11.7 Å².